The third-order valence-electron chi connectivity index (χ3n) is 2.59. The highest BCUT2D eigenvalue weighted by Crippen LogP contribution is 2.10. The van der Waals surface area contributed by atoms with E-state index < -0.39 is 17.3 Å². The number of halogens is 1. The summed E-state index contributed by atoms with van der Waals surface area (Å²) >= 11 is 0. The molecule has 0 saturated carbocycles. The lowest BCUT2D eigenvalue weighted by Gasteiger charge is -2.30. The Labute approximate surface area is 94.1 Å². The Bertz CT molecular complexity index is 391. The van der Waals surface area contributed by atoms with Gasteiger partial charge in [-0.15, -0.1) is 0 Å². The van der Waals surface area contributed by atoms with Crippen LogP contribution in [0.5, 0.6) is 0 Å². The first-order chi connectivity index (χ1) is 7.34. The van der Waals surface area contributed by atoms with Crippen LogP contribution in [0.1, 0.15) is 31.1 Å². The van der Waals surface area contributed by atoms with Crippen LogP contribution in [0, 0.1) is 5.82 Å². The molecule has 4 nitrogen and oxygen atoms in total. The zero-order valence-electron chi connectivity index (χ0n) is 9.62. The molecule has 0 bridgehead atoms. The lowest BCUT2D eigenvalue weighted by atomic mass is 9.96. The van der Waals surface area contributed by atoms with Crippen molar-refractivity contribution in [2.24, 2.45) is 5.73 Å². The van der Waals surface area contributed by atoms with Crippen molar-refractivity contribution in [1.82, 2.24) is 10.3 Å². The van der Waals surface area contributed by atoms with Gasteiger partial charge in [0.15, 0.2) is 5.82 Å². The summed E-state index contributed by atoms with van der Waals surface area (Å²) in [6.45, 7) is 5.35. The number of amides is 1. The van der Waals surface area contributed by atoms with Gasteiger partial charge in [0.1, 0.15) is 0 Å². The maximum Gasteiger partial charge on any atom is 0.254 e. The van der Waals surface area contributed by atoms with Gasteiger partial charge in [-0.3, -0.25) is 9.78 Å². The molecule has 1 rings (SSSR count). The molecule has 1 unspecified atom stereocenters. The van der Waals surface area contributed by atoms with Crippen LogP contribution in [0.15, 0.2) is 18.5 Å². The van der Waals surface area contributed by atoms with Gasteiger partial charge >= 0.3 is 0 Å². The third kappa shape index (κ3) is 2.76. The van der Waals surface area contributed by atoms with Crippen molar-refractivity contribution in [3.8, 4) is 0 Å². The van der Waals surface area contributed by atoms with Crippen molar-refractivity contribution >= 4 is 5.91 Å². The molecule has 0 aromatic carbocycles. The van der Waals surface area contributed by atoms with Crippen LogP contribution in [0.25, 0.3) is 0 Å². The maximum absolute atomic E-state index is 13.3. The zero-order chi connectivity index (χ0) is 12.3. The SMILES string of the molecule is CC(N)C(C)(C)NC(=O)c1ccncc1F. The number of aromatic nitrogens is 1. The van der Waals surface area contributed by atoms with E-state index in [0.29, 0.717) is 0 Å². The summed E-state index contributed by atoms with van der Waals surface area (Å²) in [6.07, 6.45) is 2.38. The first-order valence-corrected chi connectivity index (χ1v) is 5.02. The number of hydrogen-bond acceptors (Lipinski definition) is 3. The standard InChI is InChI=1S/C11H16FN3O/c1-7(13)11(2,3)15-10(16)8-4-5-14-6-9(8)12/h4-7H,13H2,1-3H3,(H,15,16). The number of rotatable bonds is 3. The van der Waals surface area contributed by atoms with Crippen molar-refractivity contribution in [3.05, 3.63) is 29.8 Å². The van der Waals surface area contributed by atoms with E-state index in [1.54, 1.807) is 20.8 Å². The normalized spacial score (nSPS) is 13.3. The molecule has 0 fully saturated rings. The Balaban J connectivity index is 2.85. The number of nitrogens with two attached hydrogens (primary N) is 1. The summed E-state index contributed by atoms with van der Waals surface area (Å²) in [7, 11) is 0. The number of carbonyl (C=O) groups is 1. The average molecular weight is 225 g/mol. The molecule has 1 heterocycles. The van der Waals surface area contributed by atoms with Gasteiger partial charge in [-0.1, -0.05) is 0 Å². The zero-order valence-corrected chi connectivity index (χ0v) is 9.62. The van der Waals surface area contributed by atoms with Crippen molar-refractivity contribution in [3.63, 3.8) is 0 Å². The van der Waals surface area contributed by atoms with Gasteiger partial charge < -0.3 is 11.1 Å². The highest BCUT2D eigenvalue weighted by atomic mass is 19.1. The summed E-state index contributed by atoms with van der Waals surface area (Å²) in [5.74, 6) is -1.12. The van der Waals surface area contributed by atoms with E-state index in [0.717, 1.165) is 6.20 Å². The van der Waals surface area contributed by atoms with Crippen LogP contribution in [0.4, 0.5) is 4.39 Å². The summed E-state index contributed by atoms with van der Waals surface area (Å²) in [5.41, 5.74) is 5.10. The molecule has 0 radical (unpaired) electrons. The fourth-order valence-electron chi connectivity index (χ4n) is 1.03. The molecule has 16 heavy (non-hydrogen) atoms. The number of carbonyl (C=O) groups excluding carboxylic acids is 1. The molecule has 0 spiro atoms. The largest absolute Gasteiger partial charge is 0.346 e. The predicted molar refractivity (Wildman–Crippen MR) is 59.4 cm³/mol. The van der Waals surface area contributed by atoms with Gasteiger partial charge in [-0.25, -0.2) is 4.39 Å². The van der Waals surface area contributed by atoms with E-state index in [9.17, 15) is 9.18 Å². The van der Waals surface area contributed by atoms with Crippen LogP contribution >= 0.6 is 0 Å². The van der Waals surface area contributed by atoms with E-state index in [4.69, 9.17) is 5.73 Å². The molecule has 0 saturated heterocycles. The summed E-state index contributed by atoms with van der Waals surface area (Å²) < 4.78 is 13.3. The van der Waals surface area contributed by atoms with Gasteiger partial charge in [-0.05, 0) is 26.8 Å². The van der Waals surface area contributed by atoms with E-state index in [1.165, 1.54) is 12.3 Å². The molecule has 1 amide bonds. The minimum absolute atomic E-state index is 0.0243. The second kappa shape index (κ2) is 4.57. The molecule has 1 aromatic rings. The summed E-state index contributed by atoms with van der Waals surface area (Å²) in [6, 6.07) is 1.10. The lowest BCUT2D eigenvalue weighted by Crippen LogP contribution is -2.54. The van der Waals surface area contributed by atoms with Crippen LogP contribution in [-0.4, -0.2) is 22.5 Å². The molecule has 1 atom stereocenters. The molecule has 5 heteroatoms. The Hall–Kier alpha value is -1.49. The molecule has 0 aliphatic rings. The van der Waals surface area contributed by atoms with E-state index >= 15 is 0 Å². The van der Waals surface area contributed by atoms with Crippen LogP contribution in [0.2, 0.25) is 0 Å². The van der Waals surface area contributed by atoms with Crippen molar-refractivity contribution in [2.75, 3.05) is 0 Å². The number of nitrogens with one attached hydrogen (secondary N) is 1. The molecular formula is C11H16FN3O. The third-order valence-corrected chi connectivity index (χ3v) is 2.59. The van der Waals surface area contributed by atoms with Crippen LogP contribution in [-0.2, 0) is 0 Å². The fourth-order valence-corrected chi connectivity index (χ4v) is 1.03. The van der Waals surface area contributed by atoms with Crippen LogP contribution in [0.3, 0.4) is 0 Å². The Kier molecular flexibility index (Phi) is 3.59. The maximum atomic E-state index is 13.3. The Morgan fingerprint density at radius 2 is 2.25 bits per heavy atom. The second-order valence-electron chi connectivity index (χ2n) is 4.32. The molecule has 1 aromatic heterocycles. The predicted octanol–water partition coefficient (Wildman–Crippen LogP) is 1.08. The van der Waals surface area contributed by atoms with Gasteiger partial charge in [0.25, 0.3) is 5.91 Å². The monoisotopic (exact) mass is 225 g/mol. The minimum Gasteiger partial charge on any atom is -0.346 e. The number of nitrogens with zero attached hydrogens (tertiary/aromatic N) is 1. The molecule has 88 valence electrons. The first-order valence-electron chi connectivity index (χ1n) is 5.02. The number of hydrogen-bond donors (Lipinski definition) is 2. The van der Waals surface area contributed by atoms with E-state index in [-0.39, 0.29) is 11.6 Å². The molecule has 3 N–H and O–H groups in total. The van der Waals surface area contributed by atoms with Gasteiger partial charge in [0, 0.05) is 17.8 Å². The van der Waals surface area contributed by atoms with Crippen LogP contribution < -0.4 is 11.1 Å². The van der Waals surface area contributed by atoms with E-state index in [1.807, 2.05) is 0 Å². The summed E-state index contributed by atoms with van der Waals surface area (Å²) in [5, 5.41) is 2.68. The van der Waals surface area contributed by atoms with Crippen molar-refractivity contribution in [1.29, 1.82) is 0 Å². The lowest BCUT2D eigenvalue weighted by molar-refractivity contribution is 0.0899. The quantitative estimate of drug-likeness (QED) is 0.808. The summed E-state index contributed by atoms with van der Waals surface area (Å²) in [4.78, 5) is 15.3. The Morgan fingerprint density at radius 3 is 2.75 bits per heavy atom. The fraction of sp³-hybridized carbons (Fsp3) is 0.455. The van der Waals surface area contributed by atoms with Gasteiger partial charge in [0.05, 0.1) is 11.8 Å². The average Bonchev–Trinajstić information content (AvgIpc) is 2.17. The highest BCUT2D eigenvalue weighted by molar-refractivity contribution is 5.94. The van der Waals surface area contributed by atoms with Gasteiger partial charge in [0.2, 0.25) is 0 Å². The smallest absolute Gasteiger partial charge is 0.254 e. The minimum atomic E-state index is -0.638. The number of pyridine rings is 1. The highest BCUT2D eigenvalue weighted by Gasteiger charge is 2.26. The molecule has 0 aliphatic carbocycles. The molecule has 0 aliphatic heterocycles. The topological polar surface area (TPSA) is 68.0 Å². The van der Waals surface area contributed by atoms with Crippen molar-refractivity contribution in [2.45, 2.75) is 32.4 Å². The van der Waals surface area contributed by atoms with E-state index in [2.05, 4.69) is 10.3 Å². The molecular weight excluding hydrogens is 209 g/mol. The Morgan fingerprint density at radius 1 is 1.62 bits per heavy atom. The first kappa shape index (κ1) is 12.6. The van der Waals surface area contributed by atoms with Gasteiger partial charge in [-0.2, -0.15) is 0 Å². The second-order valence-corrected chi connectivity index (χ2v) is 4.32. The van der Waals surface area contributed by atoms with Crippen molar-refractivity contribution < 1.29 is 9.18 Å².